The highest BCUT2D eigenvalue weighted by molar-refractivity contribution is 7.89. The van der Waals surface area contributed by atoms with E-state index in [0.717, 1.165) is 0 Å². The van der Waals surface area contributed by atoms with Gasteiger partial charge in [0.05, 0.1) is 17.9 Å². The number of carboxylic acids is 1. The minimum Gasteiger partial charge on any atom is -0.478 e. The molecule has 0 unspecified atom stereocenters. The molecular weight excluding hydrogens is 372 g/mol. The Balaban J connectivity index is 2.02. The summed E-state index contributed by atoms with van der Waals surface area (Å²) in [7, 11) is -1.94. The monoisotopic (exact) mass is 394 g/mol. The molecule has 0 saturated carbocycles. The van der Waals surface area contributed by atoms with Crippen LogP contribution >= 0.6 is 0 Å². The molecule has 2 rings (SSSR count). The smallest absolute Gasteiger partial charge is 0.339 e. The number of hydrogen-bond acceptors (Lipinski definition) is 5. The molecule has 2 aromatic rings. The average Bonchev–Trinajstić information content (AvgIpc) is 2.95. The van der Waals surface area contributed by atoms with Crippen LogP contribution in [-0.4, -0.2) is 43.9 Å². The number of hydrogen-bond donors (Lipinski definition) is 2. The van der Waals surface area contributed by atoms with Gasteiger partial charge in [-0.25, -0.2) is 17.9 Å². The lowest BCUT2D eigenvalue weighted by atomic mass is 10.1. The van der Waals surface area contributed by atoms with E-state index < -0.39 is 16.0 Å². The molecule has 8 nitrogen and oxygen atoms in total. The normalized spacial score (nSPS) is 11.4. The molecule has 1 aromatic heterocycles. The second-order valence-corrected chi connectivity index (χ2v) is 7.83. The summed E-state index contributed by atoms with van der Waals surface area (Å²) in [6, 6.07) is 7.50. The molecule has 146 valence electrons. The van der Waals surface area contributed by atoms with Gasteiger partial charge in [0, 0.05) is 13.6 Å². The second kappa shape index (κ2) is 8.36. The second-order valence-electron chi connectivity index (χ2n) is 6.06. The molecule has 1 aromatic carbocycles. The Kier molecular flexibility index (Phi) is 6.40. The van der Waals surface area contributed by atoms with Crippen molar-refractivity contribution in [3.63, 3.8) is 0 Å². The van der Waals surface area contributed by atoms with E-state index in [1.54, 1.807) is 33.0 Å². The predicted molar refractivity (Wildman–Crippen MR) is 97.9 cm³/mol. The van der Waals surface area contributed by atoms with E-state index in [1.165, 1.54) is 23.1 Å². The molecule has 0 aliphatic heterocycles. The first-order valence-electron chi connectivity index (χ1n) is 8.29. The van der Waals surface area contributed by atoms with E-state index in [9.17, 15) is 18.0 Å². The molecular formula is C18H22N2O6S. The van der Waals surface area contributed by atoms with E-state index in [1.807, 2.05) is 0 Å². The van der Waals surface area contributed by atoms with Gasteiger partial charge in [-0.2, -0.15) is 0 Å². The third-order valence-electron chi connectivity index (χ3n) is 3.94. The summed E-state index contributed by atoms with van der Waals surface area (Å²) in [6.07, 6.45) is 0.0868. The van der Waals surface area contributed by atoms with Crippen molar-refractivity contribution in [2.24, 2.45) is 0 Å². The number of aromatic carboxylic acids is 1. The van der Waals surface area contributed by atoms with Crippen LogP contribution in [0, 0.1) is 6.92 Å². The largest absolute Gasteiger partial charge is 0.478 e. The number of amides is 1. The van der Waals surface area contributed by atoms with Crippen LogP contribution in [0.15, 0.2) is 39.6 Å². The highest BCUT2D eigenvalue weighted by Crippen LogP contribution is 2.17. The zero-order valence-electron chi connectivity index (χ0n) is 15.4. The first-order chi connectivity index (χ1) is 12.6. The van der Waals surface area contributed by atoms with E-state index in [4.69, 9.17) is 9.52 Å². The van der Waals surface area contributed by atoms with Gasteiger partial charge in [-0.15, -0.1) is 0 Å². The Bertz CT molecular complexity index is 931. The molecule has 9 heteroatoms. The van der Waals surface area contributed by atoms with Gasteiger partial charge in [0.25, 0.3) is 0 Å². The summed E-state index contributed by atoms with van der Waals surface area (Å²) in [4.78, 5) is 25.0. The number of aryl methyl sites for hydroxylation is 1. The lowest BCUT2D eigenvalue weighted by Gasteiger charge is -2.16. The van der Waals surface area contributed by atoms with Crippen molar-refractivity contribution in [3.8, 4) is 0 Å². The Morgan fingerprint density at radius 2 is 1.85 bits per heavy atom. The summed E-state index contributed by atoms with van der Waals surface area (Å²) in [5.74, 6) is -0.615. The lowest BCUT2D eigenvalue weighted by Crippen LogP contribution is -2.27. The Hall–Kier alpha value is -2.65. The molecule has 0 aliphatic carbocycles. The number of nitrogens with zero attached hydrogens (tertiary/aromatic N) is 1. The van der Waals surface area contributed by atoms with E-state index >= 15 is 0 Å². The Morgan fingerprint density at radius 3 is 2.37 bits per heavy atom. The fourth-order valence-electron chi connectivity index (χ4n) is 2.53. The van der Waals surface area contributed by atoms with Crippen molar-refractivity contribution in [1.29, 1.82) is 0 Å². The van der Waals surface area contributed by atoms with Crippen molar-refractivity contribution < 1.29 is 27.5 Å². The lowest BCUT2D eigenvalue weighted by molar-refractivity contribution is -0.129. The molecule has 0 bridgehead atoms. The summed E-state index contributed by atoms with van der Waals surface area (Å²) < 4.78 is 31.6. The average molecular weight is 394 g/mol. The fraction of sp³-hybridized carbons (Fsp3) is 0.333. The molecule has 0 aliphatic rings. The van der Waals surface area contributed by atoms with Crippen molar-refractivity contribution >= 4 is 21.9 Å². The SMILES string of the molecule is CCNS(=O)(=O)c1ccc(CC(=O)N(C)Cc2cc(C(=O)O)c(C)o2)cc1. The summed E-state index contributed by atoms with van der Waals surface area (Å²) >= 11 is 0. The van der Waals surface area contributed by atoms with Crippen LogP contribution in [0.1, 0.15) is 34.4 Å². The Labute approximate surface area is 157 Å². The molecule has 0 fully saturated rings. The van der Waals surface area contributed by atoms with Gasteiger partial charge in [-0.3, -0.25) is 4.79 Å². The number of nitrogens with one attached hydrogen (secondary N) is 1. The number of likely N-dealkylation sites (N-methyl/N-ethyl adjacent to an activating group) is 1. The maximum absolute atomic E-state index is 12.4. The van der Waals surface area contributed by atoms with Crippen LogP contribution in [0.4, 0.5) is 0 Å². The van der Waals surface area contributed by atoms with Gasteiger partial charge in [-0.05, 0) is 30.7 Å². The van der Waals surface area contributed by atoms with Crippen LogP contribution in [-0.2, 0) is 27.8 Å². The molecule has 1 amide bonds. The number of rotatable bonds is 8. The summed E-state index contributed by atoms with van der Waals surface area (Å²) in [5.41, 5.74) is 0.743. The van der Waals surface area contributed by atoms with Crippen LogP contribution < -0.4 is 4.72 Å². The van der Waals surface area contributed by atoms with Crippen LogP contribution in [0.25, 0.3) is 0 Å². The quantitative estimate of drug-likeness (QED) is 0.705. The number of carbonyl (C=O) groups excluding carboxylic acids is 1. The van der Waals surface area contributed by atoms with Gasteiger partial charge in [0.15, 0.2) is 0 Å². The van der Waals surface area contributed by atoms with Crippen LogP contribution in [0.3, 0.4) is 0 Å². The molecule has 0 atom stereocenters. The topological polar surface area (TPSA) is 117 Å². The highest BCUT2D eigenvalue weighted by Gasteiger charge is 2.18. The number of carboxylic acid groups (broad SMARTS) is 1. The fourth-order valence-corrected chi connectivity index (χ4v) is 3.57. The standard InChI is InChI=1S/C18H22N2O6S/c1-4-19-27(24,25)15-7-5-13(6-8-15)9-17(21)20(3)11-14-10-16(18(22)23)12(2)26-14/h5-8,10,19H,4,9,11H2,1-3H3,(H,22,23). The maximum Gasteiger partial charge on any atom is 0.339 e. The highest BCUT2D eigenvalue weighted by atomic mass is 32.2. The first-order valence-corrected chi connectivity index (χ1v) is 9.77. The molecule has 0 spiro atoms. The van der Waals surface area contributed by atoms with Gasteiger partial charge in [-0.1, -0.05) is 19.1 Å². The molecule has 2 N–H and O–H groups in total. The van der Waals surface area contributed by atoms with Crippen molar-refractivity contribution in [1.82, 2.24) is 9.62 Å². The molecule has 0 radical (unpaired) electrons. The maximum atomic E-state index is 12.4. The molecule has 27 heavy (non-hydrogen) atoms. The number of benzene rings is 1. The summed E-state index contributed by atoms with van der Waals surface area (Å²) in [5, 5.41) is 9.04. The van der Waals surface area contributed by atoms with Crippen molar-refractivity contribution in [2.45, 2.75) is 31.7 Å². The van der Waals surface area contributed by atoms with Gasteiger partial charge in [0.1, 0.15) is 17.1 Å². The third kappa shape index (κ3) is 5.18. The van der Waals surface area contributed by atoms with E-state index in [0.29, 0.717) is 17.9 Å². The number of sulfonamides is 1. The number of carbonyl (C=O) groups is 2. The zero-order chi connectivity index (χ0) is 20.2. The first kappa shape index (κ1) is 20.7. The molecule has 0 saturated heterocycles. The van der Waals surface area contributed by atoms with Crippen molar-refractivity contribution in [3.05, 3.63) is 53.0 Å². The van der Waals surface area contributed by atoms with E-state index in [2.05, 4.69) is 4.72 Å². The minimum atomic E-state index is -3.53. The minimum absolute atomic E-state index is 0.0725. The van der Waals surface area contributed by atoms with Crippen molar-refractivity contribution in [2.75, 3.05) is 13.6 Å². The van der Waals surface area contributed by atoms with E-state index in [-0.39, 0.29) is 35.1 Å². The van der Waals surface area contributed by atoms with Crippen LogP contribution in [0.2, 0.25) is 0 Å². The predicted octanol–water partition coefficient (Wildman–Crippen LogP) is 1.79. The number of furan rings is 1. The Morgan fingerprint density at radius 1 is 1.22 bits per heavy atom. The zero-order valence-corrected chi connectivity index (χ0v) is 16.2. The van der Waals surface area contributed by atoms with Gasteiger partial charge in [0.2, 0.25) is 15.9 Å². The molecule has 1 heterocycles. The van der Waals surface area contributed by atoms with Crippen LogP contribution in [0.5, 0.6) is 0 Å². The summed E-state index contributed by atoms with van der Waals surface area (Å²) in [6.45, 7) is 3.68. The third-order valence-corrected chi connectivity index (χ3v) is 5.50. The van der Waals surface area contributed by atoms with Gasteiger partial charge < -0.3 is 14.4 Å². The van der Waals surface area contributed by atoms with Gasteiger partial charge >= 0.3 is 5.97 Å².